The number of hydrogen-bond donors (Lipinski definition) is 2. The van der Waals surface area contributed by atoms with Crippen LogP contribution in [0.1, 0.15) is 30.5 Å². The molecule has 1 saturated heterocycles. The summed E-state index contributed by atoms with van der Waals surface area (Å²) in [5, 5.41) is 3.74. The van der Waals surface area contributed by atoms with Crippen LogP contribution in [0.4, 0.5) is 0 Å². The topological polar surface area (TPSA) is 54.1 Å². The van der Waals surface area contributed by atoms with Gasteiger partial charge in [-0.25, -0.2) is 0 Å². The van der Waals surface area contributed by atoms with Gasteiger partial charge in [0.1, 0.15) is 0 Å². The maximum atomic E-state index is 11.3. The molecule has 0 aromatic carbocycles. The van der Waals surface area contributed by atoms with E-state index >= 15 is 0 Å². The van der Waals surface area contributed by atoms with Crippen molar-refractivity contribution in [2.24, 2.45) is 0 Å². The van der Waals surface area contributed by atoms with Crippen molar-refractivity contribution in [1.29, 1.82) is 0 Å². The zero-order chi connectivity index (χ0) is 12.4. The largest absolute Gasteiger partial charge is 0.381 e. The van der Waals surface area contributed by atoms with Gasteiger partial charge in [-0.2, -0.15) is 0 Å². The van der Waals surface area contributed by atoms with E-state index in [1.165, 1.54) is 5.56 Å². The Balaban J connectivity index is 1.63. The van der Waals surface area contributed by atoms with Crippen molar-refractivity contribution in [3.8, 4) is 0 Å². The van der Waals surface area contributed by atoms with Gasteiger partial charge >= 0.3 is 0 Å². The number of fused-ring (bicyclic) bond motifs is 1. The number of aryl methyl sites for hydroxylation is 1. The van der Waals surface area contributed by atoms with Crippen molar-refractivity contribution in [2.75, 3.05) is 13.2 Å². The number of pyridine rings is 1. The van der Waals surface area contributed by atoms with Gasteiger partial charge < -0.3 is 15.0 Å². The fourth-order valence-corrected chi connectivity index (χ4v) is 2.99. The first-order chi connectivity index (χ1) is 8.81. The van der Waals surface area contributed by atoms with E-state index in [4.69, 9.17) is 4.74 Å². The van der Waals surface area contributed by atoms with Crippen LogP contribution in [0, 0.1) is 0 Å². The molecular weight excluding hydrogens is 228 g/mol. The van der Waals surface area contributed by atoms with E-state index in [0.717, 1.165) is 51.0 Å². The normalized spacial score (nSPS) is 24.8. The first-order valence-corrected chi connectivity index (χ1v) is 6.86. The van der Waals surface area contributed by atoms with E-state index < -0.39 is 0 Å². The van der Waals surface area contributed by atoms with Gasteiger partial charge in [-0.3, -0.25) is 4.79 Å². The molecule has 1 aromatic heterocycles. The van der Waals surface area contributed by atoms with Gasteiger partial charge in [0.05, 0.1) is 0 Å². The fraction of sp³-hybridized carbons (Fsp3) is 0.643. The van der Waals surface area contributed by atoms with Crippen LogP contribution in [0.25, 0.3) is 0 Å². The van der Waals surface area contributed by atoms with Gasteiger partial charge in [0.15, 0.2) is 0 Å². The lowest BCUT2D eigenvalue weighted by Gasteiger charge is -2.31. The van der Waals surface area contributed by atoms with E-state index in [9.17, 15) is 4.79 Å². The zero-order valence-electron chi connectivity index (χ0n) is 10.6. The van der Waals surface area contributed by atoms with Crippen LogP contribution in [-0.2, 0) is 17.6 Å². The highest BCUT2D eigenvalue weighted by molar-refractivity contribution is 5.24. The second-order valence-corrected chi connectivity index (χ2v) is 5.32. The molecule has 1 aliphatic carbocycles. The molecule has 98 valence electrons. The molecule has 2 aliphatic rings. The molecule has 0 unspecified atom stereocenters. The fourth-order valence-electron chi connectivity index (χ4n) is 2.99. The quantitative estimate of drug-likeness (QED) is 0.821. The first-order valence-electron chi connectivity index (χ1n) is 6.86. The molecule has 0 saturated carbocycles. The Morgan fingerprint density at radius 2 is 2.00 bits per heavy atom. The number of rotatable bonds is 2. The number of hydrogen-bond acceptors (Lipinski definition) is 3. The van der Waals surface area contributed by atoms with Crippen molar-refractivity contribution in [3.05, 3.63) is 33.7 Å². The van der Waals surface area contributed by atoms with Gasteiger partial charge in [-0.1, -0.05) is 6.07 Å². The summed E-state index contributed by atoms with van der Waals surface area (Å²) >= 11 is 0. The molecule has 2 N–H and O–H groups in total. The zero-order valence-corrected chi connectivity index (χ0v) is 10.6. The van der Waals surface area contributed by atoms with Crippen LogP contribution in [0.5, 0.6) is 0 Å². The molecule has 1 aromatic rings. The van der Waals surface area contributed by atoms with Crippen LogP contribution in [0.2, 0.25) is 0 Å². The third kappa shape index (κ3) is 2.65. The predicted molar refractivity (Wildman–Crippen MR) is 69.9 cm³/mol. The van der Waals surface area contributed by atoms with Crippen molar-refractivity contribution in [2.45, 2.75) is 44.2 Å². The number of nitrogens with one attached hydrogen (secondary N) is 2. The lowest BCUT2D eigenvalue weighted by Crippen LogP contribution is -2.44. The van der Waals surface area contributed by atoms with Crippen LogP contribution in [-0.4, -0.2) is 30.3 Å². The van der Waals surface area contributed by atoms with Gasteiger partial charge in [-0.05, 0) is 37.7 Å². The third-order valence-electron chi connectivity index (χ3n) is 4.00. The molecule has 0 bridgehead atoms. The molecule has 4 heteroatoms. The van der Waals surface area contributed by atoms with E-state index in [1.54, 1.807) is 6.07 Å². The van der Waals surface area contributed by atoms with Gasteiger partial charge in [-0.15, -0.1) is 0 Å². The maximum absolute atomic E-state index is 11.3. The second-order valence-electron chi connectivity index (χ2n) is 5.32. The lowest BCUT2D eigenvalue weighted by atomic mass is 9.91. The number of aromatic nitrogens is 1. The average Bonchev–Trinajstić information content (AvgIpc) is 2.40. The average molecular weight is 248 g/mol. The predicted octanol–water partition coefficient (Wildman–Crippen LogP) is 1.00. The Morgan fingerprint density at radius 3 is 2.83 bits per heavy atom. The summed E-state index contributed by atoms with van der Waals surface area (Å²) in [5.74, 6) is 0. The summed E-state index contributed by atoms with van der Waals surface area (Å²) in [5.41, 5.74) is 2.45. The summed E-state index contributed by atoms with van der Waals surface area (Å²) in [6.07, 6.45) is 5.37. The van der Waals surface area contributed by atoms with Crippen LogP contribution in [0.15, 0.2) is 16.9 Å². The molecule has 0 amide bonds. The summed E-state index contributed by atoms with van der Waals surface area (Å²) in [7, 11) is 0. The van der Waals surface area contributed by atoms with Crippen LogP contribution >= 0.6 is 0 Å². The lowest BCUT2D eigenvalue weighted by molar-refractivity contribution is 0.0742. The summed E-state index contributed by atoms with van der Waals surface area (Å²) in [4.78, 5) is 14.2. The number of H-pyrrole nitrogens is 1. The molecule has 0 radical (unpaired) electrons. The summed E-state index contributed by atoms with van der Waals surface area (Å²) in [6.45, 7) is 1.77. The molecule has 2 heterocycles. The minimum Gasteiger partial charge on any atom is -0.381 e. The molecule has 4 nitrogen and oxygen atoms in total. The molecule has 1 atom stereocenters. The molecular formula is C14H20N2O2. The van der Waals surface area contributed by atoms with E-state index in [1.807, 2.05) is 6.07 Å². The Hall–Kier alpha value is -1.13. The molecule has 18 heavy (non-hydrogen) atoms. The Bertz CT molecular complexity index is 463. The summed E-state index contributed by atoms with van der Waals surface area (Å²) < 4.78 is 5.38. The second kappa shape index (κ2) is 5.24. The first kappa shape index (κ1) is 11.9. The van der Waals surface area contributed by atoms with Crippen molar-refractivity contribution < 1.29 is 4.74 Å². The van der Waals surface area contributed by atoms with E-state index in [0.29, 0.717) is 12.1 Å². The molecule has 1 aliphatic heterocycles. The highest BCUT2D eigenvalue weighted by Crippen LogP contribution is 2.19. The Kier molecular flexibility index (Phi) is 3.48. The molecule has 0 spiro atoms. The molecule has 1 fully saturated rings. The number of ether oxygens (including phenoxy) is 1. The van der Waals surface area contributed by atoms with Crippen LogP contribution < -0.4 is 10.9 Å². The highest BCUT2D eigenvalue weighted by Gasteiger charge is 2.22. The van der Waals surface area contributed by atoms with Gasteiger partial charge in [0, 0.05) is 37.1 Å². The van der Waals surface area contributed by atoms with Gasteiger partial charge in [0.2, 0.25) is 5.56 Å². The minimum atomic E-state index is 0.0181. The maximum Gasteiger partial charge on any atom is 0.248 e. The van der Waals surface area contributed by atoms with Crippen molar-refractivity contribution >= 4 is 0 Å². The number of aromatic amines is 1. The van der Waals surface area contributed by atoms with E-state index in [-0.39, 0.29) is 5.56 Å². The Labute approximate surface area is 107 Å². The smallest absolute Gasteiger partial charge is 0.248 e. The van der Waals surface area contributed by atoms with Gasteiger partial charge in [0.25, 0.3) is 0 Å². The molecule has 3 rings (SSSR count). The monoisotopic (exact) mass is 248 g/mol. The van der Waals surface area contributed by atoms with Crippen molar-refractivity contribution in [3.63, 3.8) is 0 Å². The van der Waals surface area contributed by atoms with E-state index in [2.05, 4.69) is 10.3 Å². The minimum absolute atomic E-state index is 0.0181. The highest BCUT2D eigenvalue weighted by atomic mass is 16.5. The van der Waals surface area contributed by atoms with Crippen molar-refractivity contribution in [1.82, 2.24) is 10.3 Å². The standard InChI is InChI=1S/C14H20N2O2/c17-14-4-1-10-9-12(2-3-13(10)16-14)15-11-5-7-18-8-6-11/h1,4,11-12,15H,2-3,5-9H2,(H,16,17)/t12-/m0/s1. The SMILES string of the molecule is O=c1ccc2c([nH]1)CC[C@H](NC1CCOCC1)C2. The Morgan fingerprint density at radius 1 is 1.17 bits per heavy atom. The third-order valence-corrected chi connectivity index (χ3v) is 4.00. The van der Waals surface area contributed by atoms with Crippen LogP contribution in [0.3, 0.4) is 0 Å². The summed E-state index contributed by atoms with van der Waals surface area (Å²) in [6, 6.07) is 4.77.